The number of aromatic nitrogens is 1. The van der Waals surface area contributed by atoms with Crippen molar-refractivity contribution in [2.24, 2.45) is 0 Å². The van der Waals surface area contributed by atoms with Crippen LogP contribution in [0.4, 0.5) is 0 Å². The Balaban J connectivity index is 2.18. The molecule has 1 aromatic carbocycles. The van der Waals surface area contributed by atoms with Crippen LogP contribution >= 0.6 is 27.7 Å². The molecule has 17 heavy (non-hydrogen) atoms. The van der Waals surface area contributed by atoms with Crippen LogP contribution in [0.1, 0.15) is 18.6 Å². The van der Waals surface area contributed by atoms with Crippen molar-refractivity contribution in [1.29, 1.82) is 0 Å². The van der Waals surface area contributed by atoms with E-state index in [2.05, 4.69) is 20.9 Å². The van der Waals surface area contributed by atoms with Crippen molar-refractivity contribution in [1.82, 2.24) is 4.98 Å². The van der Waals surface area contributed by atoms with Crippen LogP contribution in [0.5, 0.6) is 0 Å². The van der Waals surface area contributed by atoms with Crippen LogP contribution in [0.25, 0.3) is 0 Å². The van der Waals surface area contributed by atoms with Crippen LogP contribution in [0.2, 0.25) is 0 Å². The van der Waals surface area contributed by atoms with E-state index >= 15 is 0 Å². The molecule has 0 aliphatic carbocycles. The van der Waals surface area contributed by atoms with Crippen LogP contribution in [-0.4, -0.2) is 10.1 Å². The van der Waals surface area contributed by atoms with E-state index in [9.17, 15) is 5.11 Å². The summed E-state index contributed by atoms with van der Waals surface area (Å²) in [4.78, 5) is 5.41. The van der Waals surface area contributed by atoms with E-state index < -0.39 is 6.10 Å². The first-order valence-corrected chi connectivity index (χ1v) is 6.83. The molecule has 1 N–H and O–H groups in total. The van der Waals surface area contributed by atoms with Crippen molar-refractivity contribution < 1.29 is 5.11 Å². The number of hydrogen-bond donors (Lipinski definition) is 1. The molecule has 88 valence electrons. The van der Waals surface area contributed by atoms with Crippen LogP contribution in [-0.2, 0) is 0 Å². The van der Waals surface area contributed by atoms with Gasteiger partial charge in [-0.1, -0.05) is 27.7 Å². The molecule has 2 aromatic rings. The highest BCUT2D eigenvalue weighted by Gasteiger charge is 2.04. The second-order valence-corrected chi connectivity index (χ2v) is 5.67. The van der Waals surface area contributed by atoms with Crippen molar-refractivity contribution in [3.05, 3.63) is 52.6 Å². The maximum Gasteiger partial charge on any atom is 0.101 e. The van der Waals surface area contributed by atoms with Crippen molar-refractivity contribution in [3.8, 4) is 0 Å². The van der Waals surface area contributed by atoms with Gasteiger partial charge in [-0.3, -0.25) is 0 Å². The van der Waals surface area contributed by atoms with Crippen LogP contribution in [0, 0.1) is 0 Å². The third-order valence-corrected chi connectivity index (χ3v) is 3.75. The monoisotopic (exact) mass is 309 g/mol. The number of halogens is 1. The zero-order valence-electron chi connectivity index (χ0n) is 9.30. The fraction of sp³-hybridized carbons (Fsp3) is 0.154. The van der Waals surface area contributed by atoms with E-state index in [0.717, 1.165) is 20.0 Å². The molecule has 4 heteroatoms. The smallest absolute Gasteiger partial charge is 0.101 e. The Hall–Kier alpha value is -0.840. The van der Waals surface area contributed by atoms with Crippen molar-refractivity contribution in [2.45, 2.75) is 22.9 Å². The minimum absolute atomic E-state index is 0.456. The summed E-state index contributed by atoms with van der Waals surface area (Å²) in [6.45, 7) is 1.75. The van der Waals surface area contributed by atoms with Gasteiger partial charge in [-0.15, -0.1) is 0 Å². The second-order valence-electron chi connectivity index (χ2n) is 3.66. The third-order valence-electron chi connectivity index (χ3n) is 2.28. The number of aliphatic hydroxyl groups excluding tert-OH is 1. The average molecular weight is 310 g/mol. The maximum atomic E-state index is 9.51. The van der Waals surface area contributed by atoms with Crippen molar-refractivity contribution in [3.63, 3.8) is 0 Å². The molecule has 2 nitrogen and oxygen atoms in total. The third kappa shape index (κ3) is 3.56. The first-order valence-electron chi connectivity index (χ1n) is 5.22. The standard InChI is InChI=1S/C13H12BrNOS/c1-9(16)10-6-7-15-13(8-10)17-12-4-2-11(14)3-5-12/h2-9,16H,1H3. The summed E-state index contributed by atoms with van der Waals surface area (Å²) >= 11 is 4.99. The van der Waals surface area contributed by atoms with Gasteiger partial charge in [0, 0.05) is 15.6 Å². The van der Waals surface area contributed by atoms with Gasteiger partial charge in [0.2, 0.25) is 0 Å². The molecule has 1 heterocycles. The van der Waals surface area contributed by atoms with Gasteiger partial charge in [0.25, 0.3) is 0 Å². The van der Waals surface area contributed by atoms with Gasteiger partial charge in [-0.2, -0.15) is 0 Å². The van der Waals surface area contributed by atoms with E-state index in [4.69, 9.17) is 0 Å². The number of hydrogen-bond acceptors (Lipinski definition) is 3. The number of nitrogens with zero attached hydrogens (tertiary/aromatic N) is 1. The van der Waals surface area contributed by atoms with Crippen molar-refractivity contribution >= 4 is 27.7 Å². The molecule has 1 atom stereocenters. The highest BCUT2D eigenvalue weighted by atomic mass is 79.9. The lowest BCUT2D eigenvalue weighted by Crippen LogP contribution is -1.92. The van der Waals surface area contributed by atoms with Gasteiger partial charge in [-0.25, -0.2) is 4.98 Å². The lowest BCUT2D eigenvalue weighted by Gasteiger charge is -2.06. The highest BCUT2D eigenvalue weighted by molar-refractivity contribution is 9.10. The summed E-state index contributed by atoms with van der Waals surface area (Å²) in [6, 6.07) is 11.8. The molecule has 0 radical (unpaired) electrons. The predicted molar refractivity (Wildman–Crippen MR) is 73.1 cm³/mol. The Morgan fingerprint density at radius 3 is 2.59 bits per heavy atom. The fourth-order valence-corrected chi connectivity index (χ4v) is 2.45. The van der Waals surface area contributed by atoms with Crippen molar-refractivity contribution in [2.75, 3.05) is 0 Å². The van der Waals surface area contributed by atoms with Crippen LogP contribution in [0.3, 0.4) is 0 Å². The maximum absolute atomic E-state index is 9.51. The van der Waals surface area contributed by atoms with Crippen LogP contribution in [0.15, 0.2) is 57.0 Å². The molecule has 2 rings (SSSR count). The SMILES string of the molecule is CC(O)c1ccnc(Sc2ccc(Br)cc2)c1. The molecule has 0 aliphatic rings. The molecule has 0 aliphatic heterocycles. The summed E-state index contributed by atoms with van der Waals surface area (Å²) in [6.07, 6.45) is 1.27. The number of aliphatic hydroxyl groups is 1. The Labute approximate surface area is 113 Å². The molecule has 0 bridgehead atoms. The zero-order valence-corrected chi connectivity index (χ0v) is 11.7. The van der Waals surface area contributed by atoms with Gasteiger partial charge in [0.15, 0.2) is 0 Å². The van der Waals surface area contributed by atoms with Crippen LogP contribution < -0.4 is 0 Å². The summed E-state index contributed by atoms with van der Waals surface area (Å²) in [5.41, 5.74) is 0.889. The Kier molecular flexibility index (Phi) is 4.20. The summed E-state index contributed by atoms with van der Waals surface area (Å²) in [5.74, 6) is 0. The van der Waals surface area contributed by atoms with E-state index in [1.54, 1.807) is 24.9 Å². The lowest BCUT2D eigenvalue weighted by atomic mass is 10.2. The molecule has 0 saturated carbocycles. The summed E-state index contributed by atoms with van der Waals surface area (Å²) < 4.78 is 1.06. The first-order chi connectivity index (χ1) is 8.15. The molecule has 0 fully saturated rings. The normalized spacial score (nSPS) is 12.4. The predicted octanol–water partition coefficient (Wildman–Crippen LogP) is 4.05. The molecule has 1 aromatic heterocycles. The van der Waals surface area contributed by atoms with Gasteiger partial charge >= 0.3 is 0 Å². The molecular weight excluding hydrogens is 298 g/mol. The lowest BCUT2D eigenvalue weighted by molar-refractivity contribution is 0.199. The molecule has 0 amide bonds. The fourth-order valence-electron chi connectivity index (χ4n) is 1.36. The Morgan fingerprint density at radius 2 is 1.94 bits per heavy atom. The second kappa shape index (κ2) is 5.67. The number of benzene rings is 1. The molecule has 1 unspecified atom stereocenters. The van der Waals surface area contributed by atoms with Gasteiger partial charge in [-0.05, 0) is 48.9 Å². The van der Waals surface area contributed by atoms with Gasteiger partial charge in [0.1, 0.15) is 5.03 Å². The van der Waals surface area contributed by atoms with Gasteiger partial charge < -0.3 is 5.11 Å². The van der Waals surface area contributed by atoms with E-state index in [1.807, 2.05) is 36.4 Å². The number of rotatable bonds is 3. The minimum atomic E-state index is -0.456. The first kappa shape index (κ1) is 12.6. The minimum Gasteiger partial charge on any atom is -0.389 e. The quantitative estimate of drug-likeness (QED) is 0.928. The average Bonchev–Trinajstić information content (AvgIpc) is 2.32. The van der Waals surface area contributed by atoms with E-state index in [-0.39, 0.29) is 0 Å². The topological polar surface area (TPSA) is 33.1 Å². The Morgan fingerprint density at radius 1 is 1.24 bits per heavy atom. The molecule has 0 spiro atoms. The molecular formula is C13H12BrNOS. The summed E-state index contributed by atoms with van der Waals surface area (Å²) in [5, 5.41) is 10.4. The zero-order chi connectivity index (χ0) is 12.3. The van der Waals surface area contributed by atoms with E-state index in [0.29, 0.717) is 0 Å². The highest BCUT2D eigenvalue weighted by Crippen LogP contribution is 2.28. The largest absolute Gasteiger partial charge is 0.389 e. The number of pyridine rings is 1. The Bertz CT molecular complexity index is 499. The summed E-state index contributed by atoms with van der Waals surface area (Å²) in [7, 11) is 0. The van der Waals surface area contributed by atoms with Gasteiger partial charge in [0.05, 0.1) is 6.10 Å². The van der Waals surface area contributed by atoms with E-state index in [1.165, 1.54) is 0 Å². The molecule has 0 saturated heterocycles.